The van der Waals surface area contributed by atoms with Crippen LogP contribution in [-0.4, -0.2) is 13.2 Å². The van der Waals surface area contributed by atoms with Crippen LogP contribution in [0, 0.1) is 12.3 Å². The summed E-state index contributed by atoms with van der Waals surface area (Å²) in [6, 6.07) is 0.0556. The molecule has 0 aliphatic carbocycles. The number of nitrogens with one attached hydrogen (secondary N) is 1. The van der Waals surface area contributed by atoms with Gasteiger partial charge in [-0.25, -0.2) is 0 Å². The summed E-state index contributed by atoms with van der Waals surface area (Å²) < 4.78 is 0. The lowest BCUT2D eigenvalue weighted by Crippen LogP contribution is -2.25. The van der Waals surface area contributed by atoms with Gasteiger partial charge in [0, 0.05) is 0 Å². The Morgan fingerprint density at radius 1 is 1.88 bits per heavy atom. The van der Waals surface area contributed by atoms with Gasteiger partial charge < -0.3 is 4.84 Å². The highest BCUT2D eigenvalue weighted by atomic mass is 16.6. The lowest BCUT2D eigenvalue weighted by atomic mass is 10.3. The molecule has 0 bridgehead atoms. The maximum absolute atomic E-state index is 5.08. The standard InChI is InChI=1S/C6H11NO/c1-4-6(5-2)7-8-3/h1,6-7H,5H2,2-3H3. The van der Waals surface area contributed by atoms with E-state index in [4.69, 9.17) is 6.42 Å². The number of hydrogen-bond acceptors (Lipinski definition) is 2. The van der Waals surface area contributed by atoms with Crippen molar-refractivity contribution in [1.82, 2.24) is 5.48 Å². The topological polar surface area (TPSA) is 21.3 Å². The number of terminal acetylenes is 1. The van der Waals surface area contributed by atoms with Crippen molar-refractivity contribution in [1.29, 1.82) is 0 Å². The van der Waals surface area contributed by atoms with E-state index in [0.29, 0.717) is 0 Å². The summed E-state index contributed by atoms with van der Waals surface area (Å²) in [5.41, 5.74) is 2.65. The second-order valence-corrected chi connectivity index (χ2v) is 1.45. The molecular weight excluding hydrogens is 102 g/mol. The van der Waals surface area contributed by atoms with Gasteiger partial charge in [0.15, 0.2) is 0 Å². The van der Waals surface area contributed by atoms with Gasteiger partial charge in [-0.05, 0) is 6.42 Å². The van der Waals surface area contributed by atoms with Crippen molar-refractivity contribution in [2.24, 2.45) is 0 Å². The molecule has 46 valence electrons. The fourth-order valence-corrected chi connectivity index (χ4v) is 0.377. The maximum Gasteiger partial charge on any atom is 0.0923 e. The van der Waals surface area contributed by atoms with Gasteiger partial charge in [-0.15, -0.1) is 6.42 Å². The molecular formula is C6H11NO. The molecule has 0 aliphatic rings. The number of hydrogen-bond donors (Lipinski definition) is 1. The van der Waals surface area contributed by atoms with Crippen LogP contribution in [0.25, 0.3) is 0 Å². The van der Waals surface area contributed by atoms with E-state index < -0.39 is 0 Å². The van der Waals surface area contributed by atoms with Crippen LogP contribution in [0.3, 0.4) is 0 Å². The lowest BCUT2D eigenvalue weighted by Gasteiger charge is -2.05. The minimum atomic E-state index is 0.0556. The normalized spacial score (nSPS) is 12.6. The Hall–Kier alpha value is -0.520. The number of hydroxylamine groups is 1. The molecule has 0 saturated carbocycles. The van der Waals surface area contributed by atoms with Crippen molar-refractivity contribution in [3.63, 3.8) is 0 Å². The monoisotopic (exact) mass is 113 g/mol. The van der Waals surface area contributed by atoms with E-state index >= 15 is 0 Å². The second kappa shape index (κ2) is 4.63. The third kappa shape index (κ3) is 2.62. The molecule has 0 fully saturated rings. The molecule has 0 aromatic heterocycles. The van der Waals surface area contributed by atoms with Crippen molar-refractivity contribution in [2.75, 3.05) is 7.11 Å². The van der Waals surface area contributed by atoms with Crippen molar-refractivity contribution >= 4 is 0 Å². The van der Waals surface area contributed by atoms with E-state index in [9.17, 15) is 0 Å². The molecule has 0 aromatic carbocycles. The molecule has 0 amide bonds. The van der Waals surface area contributed by atoms with Gasteiger partial charge in [0.2, 0.25) is 0 Å². The second-order valence-electron chi connectivity index (χ2n) is 1.45. The van der Waals surface area contributed by atoms with Gasteiger partial charge in [0.05, 0.1) is 13.2 Å². The zero-order chi connectivity index (χ0) is 6.41. The molecule has 0 aromatic rings. The van der Waals surface area contributed by atoms with E-state index in [0.717, 1.165) is 6.42 Å². The minimum absolute atomic E-state index is 0.0556. The summed E-state index contributed by atoms with van der Waals surface area (Å²) in [6.07, 6.45) is 5.97. The Bertz CT molecular complexity index is 85.0. The first-order valence-corrected chi connectivity index (χ1v) is 2.59. The van der Waals surface area contributed by atoms with E-state index in [-0.39, 0.29) is 6.04 Å². The molecule has 2 nitrogen and oxygen atoms in total. The van der Waals surface area contributed by atoms with E-state index in [1.54, 1.807) is 7.11 Å². The van der Waals surface area contributed by atoms with Gasteiger partial charge >= 0.3 is 0 Å². The molecule has 2 heteroatoms. The van der Waals surface area contributed by atoms with Crippen LogP contribution in [0.5, 0.6) is 0 Å². The van der Waals surface area contributed by atoms with Gasteiger partial charge in [-0.3, -0.25) is 0 Å². The first kappa shape index (κ1) is 7.48. The molecule has 0 rings (SSSR count). The molecule has 1 atom stereocenters. The smallest absolute Gasteiger partial charge is 0.0923 e. The molecule has 0 spiro atoms. The van der Waals surface area contributed by atoms with Crippen molar-refractivity contribution < 1.29 is 4.84 Å². The third-order valence-corrected chi connectivity index (χ3v) is 0.870. The first-order chi connectivity index (χ1) is 3.85. The van der Waals surface area contributed by atoms with Crippen molar-refractivity contribution in [3.8, 4) is 12.3 Å². The maximum atomic E-state index is 5.08. The fourth-order valence-electron chi connectivity index (χ4n) is 0.377. The van der Waals surface area contributed by atoms with Crippen LogP contribution in [0.4, 0.5) is 0 Å². The average Bonchev–Trinajstić information content (AvgIpc) is 1.83. The van der Waals surface area contributed by atoms with E-state index in [1.807, 2.05) is 6.92 Å². The molecule has 0 aliphatic heterocycles. The molecule has 0 heterocycles. The van der Waals surface area contributed by atoms with Crippen LogP contribution in [0.2, 0.25) is 0 Å². The molecule has 0 radical (unpaired) electrons. The summed E-state index contributed by atoms with van der Waals surface area (Å²) in [7, 11) is 1.56. The zero-order valence-electron chi connectivity index (χ0n) is 5.27. The van der Waals surface area contributed by atoms with Crippen molar-refractivity contribution in [3.05, 3.63) is 0 Å². The van der Waals surface area contributed by atoms with Crippen LogP contribution < -0.4 is 5.48 Å². The van der Waals surface area contributed by atoms with Gasteiger partial charge in [-0.2, -0.15) is 5.48 Å². The summed E-state index contributed by atoms with van der Waals surface area (Å²) >= 11 is 0. The Morgan fingerprint density at radius 2 is 2.50 bits per heavy atom. The third-order valence-electron chi connectivity index (χ3n) is 0.870. The van der Waals surface area contributed by atoms with Gasteiger partial charge in [0.25, 0.3) is 0 Å². The highest BCUT2D eigenvalue weighted by molar-refractivity contribution is 4.96. The van der Waals surface area contributed by atoms with Crippen LogP contribution in [0.1, 0.15) is 13.3 Å². The summed E-state index contributed by atoms with van der Waals surface area (Å²) in [6.45, 7) is 2.00. The highest BCUT2D eigenvalue weighted by Crippen LogP contribution is 1.84. The summed E-state index contributed by atoms with van der Waals surface area (Å²) in [5, 5.41) is 0. The molecule has 1 unspecified atom stereocenters. The predicted molar refractivity (Wildman–Crippen MR) is 33.1 cm³/mol. The van der Waals surface area contributed by atoms with Gasteiger partial charge in [0.1, 0.15) is 0 Å². The molecule has 0 saturated heterocycles. The van der Waals surface area contributed by atoms with Crippen molar-refractivity contribution in [2.45, 2.75) is 19.4 Å². The minimum Gasteiger partial charge on any atom is -0.304 e. The summed E-state index contributed by atoms with van der Waals surface area (Å²) in [5.74, 6) is 2.52. The molecule has 1 N–H and O–H groups in total. The number of rotatable bonds is 3. The Morgan fingerprint density at radius 3 is 2.62 bits per heavy atom. The average molecular weight is 113 g/mol. The van der Waals surface area contributed by atoms with E-state index in [2.05, 4.69) is 16.2 Å². The van der Waals surface area contributed by atoms with Gasteiger partial charge in [-0.1, -0.05) is 12.8 Å². The van der Waals surface area contributed by atoms with E-state index in [1.165, 1.54) is 0 Å². The predicted octanol–water partition coefficient (Wildman–Crippen LogP) is 0.549. The quantitative estimate of drug-likeness (QED) is 0.426. The lowest BCUT2D eigenvalue weighted by molar-refractivity contribution is 0.0752. The van der Waals surface area contributed by atoms with Crippen LogP contribution in [-0.2, 0) is 4.84 Å². The highest BCUT2D eigenvalue weighted by Gasteiger charge is 1.95. The Kier molecular flexibility index (Phi) is 4.33. The Labute approximate surface area is 50.2 Å². The zero-order valence-corrected chi connectivity index (χ0v) is 5.27. The Balaban J connectivity index is 3.26. The largest absolute Gasteiger partial charge is 0.304 e. The van der Waals surface area contributed by atoms with Crippen LogP contribution >= 0.6 is 0 Å². The summed E-state index contributed by atoms with van der Waals surface area (Å²) in [4.78, 5) is 4.59. The molecule has 8 heavy (non-hydrogen) atoms. The SMILES string of the molecule is C#CC(CC)NOC. The van der Waals surface area contributed by atoms with Crippen LogP contribution in [0.15, 0.2) is 0 Å². The fraction of sp³-hybridized carbons (Fsp3) is 0.667. The first-order valence-electron chi connectivity index (χ1n) is 2.59.